The third-order valence-corrected chi connectivity index (χ3v) is 3.01. The summed E-state index contributed by atoms with van der Waals surface area (Å²) in [4.78, 5) is 11.8. The van der Waals surface area contributed by atoms with Gasteiger partial charge in [-0.05, 0) is 35.6 Å². The van der Waals surface area contributed by atoms with Gasteiger partial charge in [0.2, 0.25) is 5.91 Å². The molecule has 1 aromatic rings. The zero-order valence-electron chi connectivity index (χ0n) is 12.7. The van der Waals surface area contributed by atoms with Crippen LogP contribution in [0.3, 0.4) is 0 Å². The minimum Gasteiger partial charge on any atom is -0.496 e. The van der Waals surface area contributed by atoms with Crippen molar-refractivity contribution >= 4 is 5.91 Å². The standard InChI is InChI=1S/C15H24N2O2/c1-10(2)13-8-12(9-15(18)16-17(4)5)11(3)7-14(13)19-6/h7-8,10H,9H2,1-6H3,(H,16,18). The van der Waals surface area contributed by atoms with E-state index in [4.69, 9.17) is 4.74 Å². The summed E-state index contributed by atoms with van der Waals surface area (Å²) in [6, 6.07) is 4.08. The summed E-state index contributed by atoms with van der Waals surface area (Å²) in [5, 5.41) is 1.66. The van der Waals surface area contributed by atoms with Crippen molar-refractivity contribution < 1.29 is 9.53 Å². The second-order valence-electron chi connectivity index (χ2n) is 5.28. The maximum Gasteiger partial charge on any atom is 0.238 e. The first kappa shape index (κ1) is 15.5. The molecule has 0 spiro atoms. The van der Waals surface area contributed by atoms with Crippen LogP contribution in [0.4, 0.5) is 0 Å². The molecule has 0 aliphatic carbocycles. The van der Waals surface area contributed by atoms with Gasteiger partial charge in [-0.2, -0.15) is 0 Å². The average molecular weight is 264 g/mol. The lowest BCUT2D eigenvalue weighted by molar-refractivity contribution is -0.124. The van der Waals surface area contributed by atoms with Gasteiger partial charge in [0.25, 0.3) is 0 Å². The smallest absolute Gasteiger partial charge is 0.238 e. The number of rotatable bonds is 5. The van der Waals surface area contributed by atoms with E-state index in [-0.39, 0.29) is 5.91 Å². The van der Waals surface area contributed by atoms with Crippen LogP contribution in [-0.2, 0) is 11.2 Å². The predicted octanol–water partition coefficient (Wildman–Crippen LogP) is 2.26. The van der Waals surface area contributed by atoms with E-state index in [0.717, 1.165) is 22.4 Å². The monoisotopic (exact) mass is 264 g/mol. The number of aryl methyl sites for hydroxylation is 1. The topological polar surface area (TPSA) is 41.6 Å². The molecule has 0 aliphatic heterocycles. The molecule has 1 aromatic carbocycles. The number of benzene rings is 1. The number of nitrogens with zero attached hydrogens (tertiary/aromatic N) is 1. The molecule has 0 fully saturated rings. The molecule has 1 amide bonds. The van der Waals surface area contributed by atoms with Gasteiger partial charge in [-0.1, -0.05) is 19.9 Å². The van der Waals surface area contributed by atoms with Gasteiger partial charge in [0.1, 0.15) is 5.75 Å². The zero-order chi connectivity index (χ0) is 14.6. The molecular formula is C15H24N2O2. The van der Waals surface area contributed by atoms with Crippen molar-refractivity contribution in [1.29, 1.82) is 0 Å². The molecule has 0 atom stereocenters. The van der Waals surface area contributed by atoms with Gasteiger partial charge in [0.15, 0.2) is 0 Å². The second-order valence-corrected chi connectivity index (χ2v) is 5.28. The lowest BCUT2D eigenvalue weighted by Gasteiger charge is -2.17. The quantitative estimate of drug-likeness (QED) is 0.829. The summed E-state index contributed by atoms with van der Waals surface area (Å²) in [6.45, 7) is 6.25. The zero-order valence-corrected chi connectivity index (χ0v) is 12.7. The molecule has 0 unspecified atom stereocenters. The fourth-order valence-electron chi connectivity index (χ4n) is 2.03. The predicted molar refractivity (Wildman–Crippen MR) is 77.4 cm³/mol. The van der Waals surface area contributed by atoms with E-state index >= 15 is 0 Å². The molecule has 0 saturated carbocycles. The minimum atomic E-state index is -0.00651. The Morgan fingerprint density at radius 1 is 1.37 bits per heavy atom. The molecule has 1 N–H and O–H groups in total. The molecule has 0 bridgehead atoms. The first-order chi connectivity index (χ1) is 8.85. The van der Waals surface area contributed by atoms with E-state index in [1.807, 2.05) is 13.0 Å². The maximum atomic E-state index is 11.8. The van der Waals surface area contributed by atoms with Gasteiger partial charge >= 0.3 is 0 Å². The van der Waals surface area contributed by atoms with Crippen molar-refractivity contribution in [1.82, 2.24) is 10.4 Å². The largest absolute Gasteiger partial charge is 0.496 e. The van der Waals surface area contributed by atoms with Gasteiger partial charge in [0, 0.05) is 14.1 Å². The fraction of sp³-hybridized carbons (Fsp3) is 0.533. The Labute approximate surface area is 115 Å². The van der Waals surface area contributed by atoms with Crippen molar-refractivity contribution in [2.45, 2.75) is 33.1 Å². The molecule has 0 radical (unpaired) electrons. The molecule has 0 saturated heterocycles. The number of hydrogen-bond acceptors (Lipinski definition) is 3. The van der Waals surface area contributed by atoms with Crippen LogP contribution in [0.2, 0.25) is 0 Å². The summed E-state index contributed by atoms with van der Waals surface area (Å²) >= 11 is 0. The fourth-order valence-corrected chi connectivity index (χ4v) is 2.03. The van der Waals surface area contributed by atoms with Gasteiger partial charge in [-0.15, -0.1) is 0 Å². The highest BCUT2D eigenvalue weighted by molar-refractivity contribution is 5.78. The summed E-state index contributed by atoms with van der Waals surface area (Å²) in [7, 11) is 5.29. The van der Waals surface area contributed by atoms with Crippen LogP contribution < -0.4 is 10.2 Å². The second kappa shape index (κ2) is 6.57. The molecule has 0 heterocycles. The molecule has 19 heavy (non-hydrogen) atoms. The highest BCUT2D eigenvalue weighted by Crippen LogP contribution is 2.29. The Morgan fingerprint density at radius 3 is 2.47 bits per heavy atom. The lowest BCUT2D eigenvalue weighted by Crippen LogP contribution is -2.37. The lowest BCUT2D eigenvalue weighted by atomic mass is 9.95. The van der Waals surface area contributed by atoms with Crippen LogP contribution in [-0.4, -0.2) is 32.1 Å². The van der Waals surface area contributed by atoms with Crippen LogP contribution >= 0.6 is 0 Å². The average Bonchev–Trinajstić information content (AvgIpc) is 2.29. The highest BCUT2D eigenvalue weighted by atomic mass is 16.5. The summed E-state index contributed by atoms with van der Waals surface area (Å²) < 4.78 is 5.40. The van der Waals surface area contributed by atoms with Crippen LogP contribution in [0, 0.1) is 6.92 Å². The highest BCUT2D eigenvalue weighted by Gasteiger charge is 2.13. The molecule has 0 aromatic heterocycles. The van der Waals surface area contributed by atoms with Gasteiger partial charge in [0.05, 0.1) is 13.5 Å². The van der Waals surface area contributed by atoms with E-state index in [1.54, 1.807) is 26.2 Å². The Hall–Kier alpha value is -1.55. The molecule has 4 nitrogen and oxygen atoms in total. The van der Waals surface area contributed by atoms with Crippen LogP contribution in [0.5, 0.6) is 5.75 Å². The van der Waals surface area contributed by atoms with Crippen LogP contribution in [0.25, 0.3) is 0 Å². The summed E-state index contributed by atoms with van der Waals surface area (Å²) in [5.74, 6) is 1.25. The van der Waals surface area contributed by atoms with Crippen molar-refractivity contribution in [3.8, 4) is 5.75 Å². The van der Waals surface area contributed by atoms with Crippen molar-refractivity contribution in [3.63, 3.8) is 0 Å². The number of nitrogens with one attached hydrogen (secondary N) is 1. The van der Waals surface area contributed by atoms with Crippen molar-refractivity contribution in [2.24, 2.45) is 0 Å². The van der Waals surface area contributed by atoms with E-state index < -0.39 is 0 Å². The molecular weight excluding hydrogens is 240 g/mol. The van der Waals surface area contributed by atoms with Crippen molar-refractivity contribution in [2.75, 3.05) is 21.2 Å². The maximum absolute atomic E-state index is 11.8. The number of methoxy groups -OCH3 is 1. The number of hydrazine groups is 1. The van der Waals surface area contributed by atoms with Gasteiger partial charge < -0.3 is 4.74 Å². The number of amides is 1. The summed E-state index contributed by atoms with van der Waals surface area (Å²) in [6.07, 6.45) is 0.383. The normalized spacial score (nSPS) is 10.9. The Morgan fingerprint density at radius 2 is 2.00 bits per heavy atom. The molecule has 106 valence electrons. The van der Waals surface area contributed by atoms with E-state index in [2.05, 4.69) is 25.3 Å². The molecule has 0 aliphatic rings. The Bertz CT molecular complexity index is 454. The third-order valence-electron chi connectivity index (χ3n) is 3.01. The van der Waals surface area contributed by atoms with Crippen molar-refractivity contribution in [3.05, 3.63) is 28.8 Å². The van der Waals surface area contributed by atoms with Crippen LogP contribution in [0.1, 0.15) is 36.5 Å². The SMILES string of the molecule is COc1cc(C)c(CC(=O)NN(C)C)cc1C(C)C. The third kappa shape index (κ3) is 4.24. The van der Waals surface area contributed by atoms with Crippen LogP contribution in [0.15, 0.2) is 12.1 Å². The van der Waals surface area contributed by atoms with Gasteiger partial charge in [-0.25, -0.2) is 5.01 Å². The number of carbonyl (C=O) groups is 1. The minimum absolute atomic E-state index is 0.00651. The Kier molecular flexibility index (Phi) is 5.36. The number of carbonyl (C=O) groups excluding carboxylic acids is 1. The Balaban J connectivity index is 3.01. The van der Waals surface area contributed by atoms with E-state index in [9.17, 15) is 4.79 Å². The number of ether oxygens (including phenoxy) is 1. The first-order valence-electron chi connectivity index (χ1n) is 6.49. The van der Waals surface area contributed by atoms with E-state index in [0.29, 0.717) is 12.3 Å². The van der Waals surface area contributed by atoms with E-state index in [1.165, 1.54) is 0 Å². The molecule has 4 heteroatoms. The number of hydrogen-bond donors (Lipinski definition) is 1. The van der Waals surface area contributed by atoms with Gasteiger partial charge in [-0.3, -0.25) is 10.2 Å². The molecule has 1 rings (SSSR count). The first-order valence-corrected chi connectivity index (χ1v) is 6.49. The summed E-state index contributed by atoms with van der Waals surface area (Å²) in [5.41, 5.74) is 6.02.